The van der Waals surface area contributed by atoms with Gasteiger partial charge in [-0.3, -0.25) is 0 Å². The maximum absolute atomic E-state index is 13.1. The molecule has 17 heavy (non-hydrogen) atoms. The summed E-state index contributed by atoms with van der Waals surface area (Å²) < 4.78 is 39.3. The topological polar surface area (TPSA) is 0 Å². The first kappa shape index (κ1) is 12.2. The lowest BCUT2D eigenvalue weighted by Crippen LogP contribution is -2.37. The Bertz CT molecular complexity index is 457. The lowest BCUT2D eigenvalue weighted by molar-refractivity contribution is -0.199. The van der Waals surface area contributed by atoms with Crippen LogP contribution < -0.4 is 0 Å². The lowest BCUT2D eigenvalue weighted by Gasteiger charge is -2.34. The molecule has 1 aromatic rings. The number of allylic oxidation sites excluding steroid dienone is 2. The third kappa shape index (κ3) is 1.99. The molecule has 0 saturated carbocycles. The first-order valence-corrected chi connectivity index (χ1v) is 5.74. The fraction of sp³-hybridized carbons (Fsp3) is 0.429. The van der Waals surface area contributed by atoms with Gasteiger partial charge in [-0.2, -0.15) is 13.2 Å². The summed E-state index contributed by atoms with van der Waals surface area (Å²) in [6.07, 6.45) is -2.13. The van der Waals surface area contributed by atoms with Crippen LogP contribution in [0.1, 0.15) is 31.4 Å². The van der Waals surface area contributed by atoms with Gasteiger partial charge in [0.2, 0.25) is 0 Å². The molecule has 1 unspecified atom stereocenters. The molecule has 0 radical (unpaired) electrons. The summed E-state index contributed by atoms with van der Waals surface area (Å²) in [6.45, 7) is 3.17. The van der Waals surface area contributed by atoms with Crippen LogP contribution in [0.15, 0.2) is 30.3 Å². The van der Waals surface area contributed by atoms with E-state index < -0.39 is 11.6 Å². The Balaban J connectivity index is 2.54. The van der Waals surface area contributed by atoms with E-state index in [0.717, 1.165) is 16.7 Å². The Morgan fingerprint density at radius 1 is 1.24 bits per heavy atom. The standard InChI is InChI=1S/C14H15F3/c1-3-10-8-13(2,14(15,16)17)9-11-6-4-5-7-12(10)11/h4-8H,3,9H2,1-2H3. The molecular weight excluding hydrogens is 225 g/mol. The number of halogens is 3. The molecule has 0 nitrogen and oxygen atoms in total. The minimum absolute atomic E-state index is 0.0379. The van der Waals surface area contributed by atoms with Gasteiger partial charge in [-0.15, -0.1) is 0 Å². The zero-order chi connectivity index (χ0) is 12.7. The molecule has 0 bridgehead atoms. The van der Waals surface area contributed by atoms with Crippen LogP contribution in [0.2, 0.25) is 0 Å². The zero-order valence-corrected chi connectivity index (χ0v) is 9.93. The second-order valence-corrected chi connectivity index (χ2v) is 4.77. The monoisotopic (exact) mass is 240 g/mol. The predicted octanol–water partition coefficient (Wildman–Crippen LogP) is 4.60. The fourth-order valence-corrected chi connectivity index (χ4v) is 2.37. The Labute approximate surface area is 99.2 Å². The van der Waals surface area contributed by atoms with Gasteiger partial charge in [0.05, 0.1) is 5.41 Å². The maximum atomic E-state index is 13.1. The molecular formula is C14H15F3. The van der Waals surface area contributed by atoms with E-state index in [-0.39, 0.29) is 6.42 Å². The number of hydrogen-bond donors (Lipinski definition) is 0. The van der Waals surface area contributed by atoms with E-state index in [2.05, 4.69) is 0 Å². The van der Waals surface area contributed by atoms with Crippen molar-refractivity contribution in [2.75, 3.05) is 0 Å². The van der Waals surface area contributed by atoms with Crippen molar-refractivity contribution in [2.45, 2.75) is 32.9 Å². The van der Waals surface area contributed by atoms with Gasteiger partial charge in [0.15, 0.2) is 0 Å². The van der Waals surface area contributed by atoms with Gasteiger partial charge in [0.1, 0.15) is 0 Å². The quantitative estimate of drug-likeness (QED) is 0.672. The molecule has 1 aliphatic rings. The first-order chi connectivity index (χ1) is 7.87. The number of fused-ring (bicyclic) bond motifs is 1. The smallest absolute Gasteiger partial charge is 0.170 e. The Morgan fingerprint density at radius 2 is 1.88 bits per heavy atom. The molecule has 0 saturated heterocycles. The van der Waals surface area contributed by atoms with Crippen LogP contribution in [0.25, 0.3) is 5.57 Å². The summed E-state index contributed by atoms with van der Waals surface area (Å²) >= 11 is 0. The molecule has 0 aliphatic heterocycles. The number of benzene rings is 1. The van der Waals surface area contributed by atoms with Gasteiger partial charge in [0.25, 0.3) is 0 Å². The van der Waals surface area contributed by atoms with E-state index in [4.69, 9.17) is 0 Å². The van der Waals surface area contributed by atoms with E-state index >= 15 is 0 Å². The van der Waals surface area contributed by atoms with Crippen molar-refractivity contribution in [1.82, 2.24) is 0 Å². The molecule has 2 rings (SSSR count). The molecule has 1 aliphatic carbocycles. The van der Waals surface area contributed by atoms with E-state index in [1.165, 1.54) is 13.0 Å². The predicted molar refractivity (Wildman–Crippen MR) is 62.6 cm³/mol. The number of hydrogen-bond acceptors (Lipinski definition) is 0. The summed E-state index contributed by atoms with van der Waals surface area (Å²) in [7, 11) is 0. The average molecular weight is 240 g/mol. The van der Waals surface area contributed by atoms with Crippen LogP contribution in [0.5, 0.6) is 0 Å². The van der Waals surface area contributed by atoms with Crippen LogP contribution in [-0.4, -0.2) is 6.18 Å². The molecule has 0 heterocycles. The van der Waals surface area contributed by atoms with Crippen molar-refractivity contribution in [3.8, 4) is 0 Å². The molecule has 0 aromatic heterocycles. The molecule has 0 N–H and O–H groups in total. The second kappa shape index (κ2) is 3.90. The lowest BCUT2D eigenvalue weighted by atomic mass is 9.74. The fourth-order valence-electron chi connectivity index (χ4n) is 2.37. The molecule has 1 aromatic carbocycles. The molecule has 3 heteroatoms. The Morgan fingerprint density at radius 3 is 2.47 bits per heavy atom. The van der Waals surface area contributed by atoms with Crippen LogP contribution in [0, 0.1) is 5.41 Å². The third-order valence-corrected chi connectivity index (χ3v) is 3.44. The summed E-state index contributed by atoms with van der Waals surface area (Å²) in [5.41, 5.74) is 0.835. The first-order valence-electron chi connectivity index (χ1n) is 5.74. The van der Waals surface area contributed by atoms with Gasteiger partial charge >= 0.3 is 6.18 Å². The summed E-state index contributed by atoms with van der Waals surface area (Å²) in [5, 5.41) is 0. The highest BCUT2D eigenvalue weighted by Gasteiger charge is 2.51. The third-order valence-electron chi connectivity index (χ3n) is 3.44. The number of rotatable bonds is 1. The average Bonchev–Trinajstić information content (AvgIpc) is 2.26. The van der Waals surface area contributed by atoms with Crippen molar-refractivity contribution in [3.05, 3.63) is 41.5 Å². The minimum atomic E-state index is -4.19. The normalized spacial score (nSPS) is 24.2. The van der Waals surface area contributed by atoms with E-state index in [1.54, 1.807) is 12.1 Å². The van der Waals surface area contributed by atoms with Gasteiger partial charge in [-0.1, -0.05) is 37.3 Å². The van der Waals surface area contributed by atoms with Gasteiger partial charge in [-0.25, -0.2) is 0 Å². The van der Waals surface area contributed by atoms with Crippen molar-refractivity contribution >= 4 is 5.57 Å². The minimum Gasteiger partial charge on any atom is -0.170 e. The highest BCUT2D eigenvalue weighted by molar-refractivity contribution is 5.71. The summed E-state index contributed by atoms with van der Waals surface area (Å²) in [6, 6.07) is 7.37. The van der Waals surface area contributed by atoms with E-state index in [1.807, 2.05) is 19.1 Å². The van der Waals surface area contributed by atoms with Crippen LogP contribution in [0.3, 0.4) is 0 Å². The van der Waals surface area contributed by atoms with E-state index in [9.17, 15) is 13.2 Å². The largest absolute Gasteiger partial charge is 0.397 e. The molecule has 0 spiro atoms. The number of alkyl halides is 3. The van der Waals surface area contributed by atoms with Crippen molar-refractivity contribution in [1.29, 1.82) is 0 Å². The maximum Gasteiger partial charge on any atom is 0.397 e. The second-order valence-electron chi connectivity index (χ2n) is 4.77. The van der Waals surface area contributed by atoms with Crippen LogP contribution >= 0.6 is 0 Å². The summed E-state index contributed by atoms with van der Waals surface area (Å²) in [4.78, 5) is 0. The van der Waals surface area contributed by atoms with Crippen LogP contribution in [0.4, 0.5) is 13.2 Å². The van der Waals surface area contributed by atoms with Gasteiger partial charge < -0.3 is 0 Å². The van der Waals surface area contributed by atoms with Crippen LogP contribution in [-0.2, 0) is 6.42 Å². The molecule has 92 valence electrons. The highest BCUT2D eigenvalue weighted by atomic mass is 19.4. The van der Waals surface area contributed by atoms with Crippen molar-refractivity contribution in [3.63, 3.8) is 0 Å². The van der Waals surface area contributed by atoms with Crippen molar-refractivity contribution < 1.29 is 13.2 Å². The molecule has 0 amide bonds. The Hall–Kier alpha value is -1.25. The molecule has 1 atom stereocenters. The van der Waals surface area contributed by atoms with E-state index in [0.29, 0.717) is 6.42 Å². The van der Waals surface area contributed by atoms with Crippen molar-refractivity contribution in [2.24, 2.45) is 5.41 Å². The summed E-state index contributed by atoms with van der Waals surface area (Å²) in [5.74, 6) is 0. The van der Waals surface area contributed by atoms with Gasteiger partial charge in [-0.05, 0) is 36.5 Å². The van der Waals surface area contributed by atoms with Gasteiger partial charge in [0, 0.05) is 0 Å². The SMILES string of the molecule is CCC1=CC(C)(C(F)(F)F)Cc2ccccc21. The Kier molecular flexibility index (Phi) is 2.80. The highest BCUT2D eigenvalue weighted by Crippen LogP contribution is 2.47. The molecule has 0 fully saturated rings. The zero-order valence-electron chi connectivity index (χ0n) is 9.93.